The van der Waals surface area contributed by atoms with Gasteiger partial charge in [0, 0.05) is 42.8 Å². The van der Waals surface area contributed by atoms with Gasteiger partial charge in [-0.25, -0.2) is 0 Å². The minimum absolute atomic E-state index is 0.461. The third-order valence-corrected chi connectivity index (χ3v) is 6.25. The summed E-state index contributed by atoms with van der Waals surface area (Å²) < 4.78 is 0. The highest BCUT2D eigenvalue weighted by atomic mass is 32.2. The van der Waals surface area contributed by atoms with Crippen molar-refractivity contribution in [2.24, 2.45) is 0 Å². The van der Waals surface area contributed by atoms with Crippen molar-refractivity contribution in [3.63, 3.8) is 0 Å². The Kier molecular flexibility index (Phi) is 6.09. The molecule has 2 aromatic heterocycles. The lowest BCUT2D eigenvalue weighted by molar-refractivity contribution is 0.311. The first-order valence-corrected chi connectivity index (χ1v) is 11.5. The third kappa shape index (κ3) is 5.24. The van der Waals surface area contributed by atoms with Gasteiger partial charge in [-0.3, -0.25) is 5.10 Å². The number of H-pyrrole nitrogens is 1. The molecule has 0 aliphatic carbocycles. The van der Waals surface area contributed by atoms with Crippen molar-refractivity contribution < 1.29 is 0 Å². The molecule has 168 valence electrons. The van der Waals surface area contributed by atoms with Crippen LogP contribution < -0.4 is 16.0 Å². The second kappa shape index (κ2) is 9.47. The van der Waals surface area contributed by atoms with Gasteiger partial charge in [0.25, 0.3) is 0 Å². The van der Waals surface area contributed by atoms with Gasteiger partial charge < -0.3 is 20.9 Å². The molecule has 3 heterocycles. The van der Waals surface area contributed by atoms with Gasteiger partial charge in [0.1, 0.15) is 0 Å². The first kappa shape index (κ1) is 21.2. The van der Waals surface area contributed by atoms with Gasteiger partial charge in [0.2, 0.25) is 11.9 Å². The van der Waals surface area contributed by atoms with Gasteiger partial charge in [0.15, 0.2) is 11.0 Å². The lowest BCUT2D eigenvalue weighted by atomic mass is 10.2. The van der Waals surface area contributed by atoms with Gasteiger partial charge in [-0.05, 0) is 48.6 Å². The summed E-state index contributed by atoms with van der Waals surface area (Å²) in [6.45, 7) is 3.67. The Hall–Kier alpha value is -3.63. The fourth-order valence-electron chi connectivity index (χ4n) is 3.50. The quantitative estimate of drug-likeness (QED) is 0.373. The van der Waals surface area contributed by atoms with E-state index in [0.29, 0.717) is 22.9 Å². The SMILES string of the molecule is CN1CCN(c2nc(Nc3cc(-c4ccccc4)[nH]n3)nc(Sc3ccc(N)cc3)n2)CC1. The number of nitrogen functional groups attached to an aromatic ring is 1. The number of hydrogen-bond donors (Lipinski definition) is 3. The largest absolute Gasteiger partial charge is 0.399 e. The molecular formula is C23H25N9S. The Balaban J connectivity index is 1.42. The van der Waals surface area contributed by atoms with Gasteiger partial charge >= 0.3 is 0 Å². The monoisotopic (exact) mass is 459 g/mol. The van der Waals surface area contributed by atoms with Crippen molar-refractivity contribution in [2.45, 2.75) is 10.1 Å². The highest BCUT2D eigenvalue weighted by Crippen LogP contribution is 2.28. The van der Waals surface area contributed by atoms with Crippen molar-refractivity contribution in [2.75, 3.05) is 49.2 Å². The van der Waals surface area contributed by atoms with E-state index in [0.717, 1.165) is 48.0 Å². The lowest BCUT2D eigenvalue weighted by Gasteiger charge is -2.32. The molecule has 1 aliphatic rings. The highest BCUT2D eigenvalue weighted by Gasteiger charge is 2.19. The van der Waals surface area contributed by atoms with Crippen LogP contribution in [0.1, 0.15) is 0 Å². The summed E-state index contributed by atoms with van der Waals surface area (Å²) in [4.78, 5) is 19.6. The number of aromatic nitrogens is 5. The topological polar surface area (TPSA) is 112 Å². The number of nitrogens with zero attached hydrogens (tertiary/aromatic N) is 6. The fourth-order valence-corrected chi connectivity index (χ4v) is 4.24. The Morgan fingerprint density at radius 3 is 2.45 bits per heavy atom. The summed E-state index contributed by atoms with van der Waals surface area (Å²) in [6.07, 6.45) is 0. The first-order chi connectivity index (χ1) is 16.1. The van der Waals surface area contributed by atoms with E-state index in [9.17, 15) is 0 Å². The van der Waals surface area contributed by atoms with E-state index >= 15 is 0 Å². The molecule has 0 bridgehead atoms. The zero-order valence-electron chi connectivity index (χ0n) is 18.3. The van der Waals surface area contributed by atoms with Gasteiger partial charge in [-0.15, -0.1) is 0 Å². The Labute approximate surface area is 196 Å². The Bertz CT molecular complexity index is 1200. The maximum Gasteiger partial charge on any atom is 0.234 e. The average molecular weight is 460 g/mol. The fraction of sp³-hybridized carbons (Fsp3) is 0.217. The standard InChI is InChI=1S/C23H25N9S/c1-31-11-13-32(14-12-31)22-26-21(27-23(28-22)33-18-9-7-17(24)8-10-18)25-20-15-19(29-30-20)16-5-3-2-4-6-16/h2-10,15H,11-14,24H2,1H3,(H2,25,26,27,28,29,30). The van der Waals surface area contributed by atoms with E-state index in [2.05, 4.69) is 37.3 Å². The summed E-state index contributed by atoms with van der Waals surface area (Å²) >= 11 is 1.48. The smallest absolute Gasteiger partial charge is 0.234 e. The number of nitrogens with one attached hydrogen (secondary N) is 2. The maximum atomic E-state index is 5.83. The molecule has 0 radical (unpaired) electrons. The second-order valence-corrected chi connectivity index (χ2v) is 8.90. The first-order valence-electron chi connectivity index (χ1n) is 10.7. The number of piperazine rings is 1. The molecule has 10 heteroatoms. The third-order valence-electron chi connectivity index (χ3n) is 5.38. The lowest BCUT2D eigenvalue weighted by Crippen LogP contribution is -2.45. The van der Waals surface area contributed by atoms with Crippen LogP contribution in [0.5, 0.6) is 0 Å². The predicted molar refractivity (Wildman–Crippen MR) is 132 cm³/mol. The van der Waals surface area contributed by atoms with Crippen LogP contribution in [0.3, 0.4) is 0 Å². The molecular weight excluding hydrogens is 434 g/mol. The zero-order valence-corrected chi connectivity index (χ0v) is 19.1. The van der Waals surface area contributed by atoms with Crippen LogP contribution in [0, 0.1) is 0 Å². The van der Waals surface area contributed by atoms with Crippen molar-refractivity contribution in [3.05, 3.63) is 60.7 Å². The molecule has 1 fully saturated rings. The summed E-state index contributed by atoms with van der Waals surface area (Å²) in [7, 11) is 2.13. The van der Waals surface area contributed by atoms with E-state index < -0.39 is 0 Å². The average Bonchev–Trinajstić information content (AvgIpc) is 3.30. The van der Waals surface area contributed by atoms with Crippen LogP contribution in [0.2, 0.25) is 0 Å². The molecule has 2 aromatic carbocycles. The summed E-state index contributed by atoms with van der Waals surface area (Å²) in [5.74, 6) is 1.77. The number of benzene rings is 2. The van der Waals surface area contributed by atoms with E-state index in [1.807, 2.05) is 60.7 Å². The molecule has 0 saturated carbocycles. The Morgan fingerprint density at radius 2 is 1.70 bits per heavy atom. The molecule has 0 spiro atoms. The zero-order chi connectivity index (χ0) is 22.6. The summed E-state index contributed by atoms with van der Waals surface area (Å²) in [5, 5.41) is 11.3. The van der Waals surface area contributed by atoms with Crippen molar-refractivity contribution in [3.8, 4) is 11.3 Å². The second-order valence-electron chi connectivity index (χ2n) is 7.86. The van der Waals surface area contributed by atoms with E-state index in [4.69, 9.17) is 15.7 Å². The maximum absolute atomic E-state index is 5.83. The molecule has 0 unspecified atom stereocenters. The molecule has 33 heavy (non-hydrogen) atoms. The predicted octanol–water partition coefficient (Wildman–Crippen LogP) is 3.49. The van der Waals surface area contributed by atoms with Gasteiger partial charge in [-0.2, -0.15) is 20.1 Å². The number of anilines is 4. The van der Waals surface area contributed by atoms with E-state index in [1.165, 1.54) is 11.8 Å². The number of aromatic amines is 1. The Morgan fingerprint density at radius 1 is 0.939 bits per heavy atom. The number of nitrogens with two attached hydrogens (primary N) is 1. The number of rotatable bonds is 6. The normalized spacial score (nSPS) is 14.4. The van der Waals surface area contributed by atoms with Crippen molar-refractivity contribution in [1.29, 1.82) is 0 Å². The van der Waals surface area contributed by atoms with E-state index in [-0.39, 0.29) is 0 Å². The molecule has 4 aromatic rings. The molecule has 0 atom stereocenters. The van der Waals surface area contributed by atoms with Crippen molar-refractivity contribution >= 4 is 35.2 Å². The summed E-state index contributed by atoms with van der Waals surface area (Å²) in [6, 6.07) is 19.7. The van der Waals surface area contributed by atoms with Gasteiger partial charge in [-0.1, -0.05) is 30.3 Å². The molecule has 4 N–H and O–H groups in total. The van der Waals surface area contributed by atoms with Crippen LogP contribution in [0.15, 0.2) is 70.7 Å². The number of hydrogen-bond acceptors (Lipinski definition) is 9. The minimum Gasteiger partial charge on any atom is -0.399 e. The van der Waals surface area contributed by atoms with E-state index in [1.54, 1.807) is 0 Å². The summed E-state index contributed by atoms with van der Waals surface area (Å²) in [5.41, 5.74) is 8.53. The highest BCUT2D eigenvalue weighted by molar-refractivity contribution is 7.99. The molecule has 5 rings (SSSR count). The van der Waals surface area contributed by atoms with Gasteiger partial charge in [0.05, 0.1) is 5.69 Å². The minimum atomic E-state index is 0.461. The molecule has 1 saturated heterocycles. The van der Waals surface area contributed by atoms with Crippen LogP contribution in [0.25, 0.3) is 11.3 Å². The molecule has 1 aliphatic heterocycles. The number of likely N-dealkylation sites (N-methyl/N-ethyl adjacent to an activating group) is 1. The van der Waals surface area contributed by atoms with Crippen LogP contribution in [0.4, 0.5) is 23.4 Å². The molecule has 0 amide bonds. The van der Waals surface area contributed by atoms with Crippen LogP contribution in [-0.4, -0.2) is 63.3 Å². The van der Waals surface area contributed by atoms with Crippen LogP contribution >= 0.6 is 11.8 Å². The van der Waals surface area contributed by atoms with Crippen molar-refractivity contribution in [1.82, 2.24) is 30.0 Å². The molecule has 9 nitrogen and oxygen atoms in total. The van der Waals surface area contributed by atoms with Crippen LogP contribution in [-0.2, 0) is 0 Å².